The number of hydrogen-bond donors (Lipinski definition) is 3. The highest BCUT2D eigenvalue weighted by Crippen LogP contribution is 2.19. The molecule has 0 radical (unpaired) electrons. The summed E-state index contributed by atoms with van der Waals surface area (Å²) < 4.78 is 0. The first-order valence-corrected chi connectivity index (χ1v) is 6.56. The minimum absolute atomic E-state index is 0.204. The molecule has 19 heavy (non-hydrogen) atoms. The molecule has 0 bridgehead atoms. The van der Waals surface area contributed by atoms with Crippen molar-refractivity contribution in [2.24, 2.45) is 5.16 Å². The van der Waals surface area contributed by atoms with Crippen LogP contribution in [-0.4, -0.2) is 23.0 Å². The Morgan fingerprint density at radius 1 is 1.32 bits per heavy atom. The van der Waals surface area contributed by atoms with Crippen molar-refractivity contribution in [1.82, 2.24) is 5.32 Å². The van der Waals surface area contributed by atoms with E-state index in [-0.39, 0.29) is 12.1 Å². The van der Waals surface area contributed by atoms with Crippen molar-refractivity contribution >= 4 is 17.4 Å². The molecule has 2 rings (SSSR count). The predicted molar refractivity (Wildman–Crippen MR) is 74.8 cm³/mol. The van der Waals surface area contributed by atoms with Crippen molar-refractivity contribution in [3.05, 3.63) is 29.8 Å². The molecule has 1 aromatic carbocycles. The van der Waals surface area contributed by atoms with Gasteiger partial charge in [0.1, 0.15) is 0 Å². The summed E-state index contributed by atoms with van der Waals surface area (Å²) in [5.41, 5.74) is 1.83. The standard InChI is InChI=1S/C14H19N3O2/c1-10(17-19)12-8-4-5-9-13(12)16-14(18)15-11-6-2-3-7-11/h4-5,8-9,11,19H,2-3,6-7H2,1H3,(H2,15,16,18). The van der Waals surface area contributed by atoms with Gasteiger partial charge in [-0.25, -0.2) is 4.79 Å². The second-order valence-corrected chi connectivity index (χ2v) is 4.81. The van der Waals surface area contributed by atoms with Gasteiger partial charge in [-0.3, -0.25) is 0 Å². The van der Waals surface area contributed by atoms with Gasteiger partial charge in [-0.1, -0.05) is 36.2 Å². The monoisotopic (exact) mass is 261 g/mol. The molecule has 5 nitrogen and oxygen atoms in total. The summed E-state index contributed by atoms with van der Waals surface area (Å²) in [7, 11) is 0. The maximum absolute atomic E-state index is 11.9. The third kappa shape index (κ3) is 3.47. The topological polar surface area (TPSA) is 73.7 Å². The van der Waals surface area contributed by atoms with Gasteiger partial charge in [0.05, 0.1) is 11.4 Å². The minimum atomic E-state index is -0.204. The van der Waals surface area contributed by atoms with Crippen LogP contribution in [0.15, 0.2) is 29.4 Å². The van der Waals surface area contributed by atoms with Crippen molar-refractivity contribution in [2.75, 3.05) is 5.32 Å². The molecule has 0 unspecified atom stereocenters. The molecule has 1 aliphatic carbocycles. The highest BCUT2D eigenvalue weighted by Gasteiger charge is 2.17. The first kappa shape index (κ1) is 13.4. The highest BCUT2D eigenvalue weighted by molar-refractivity contribution is 6.06. The Hall–Kier alpha value is -2.04. The summed E-state index contributed by atoms with van der Waals surface area (Å²) in [6, 6.07) is 7.34. The second kappa shape index (κ2) is 6.22. The zero-order valence-corrected chi connectivity index (χ0v) is 11.0. The smallest absolute Gasteiger partial charge is 0.319 e. The molecule has 1 saturated carbocycles. The number of nitrogens with zero attached hydrogens (tertiary/aromatic N) is 1. The zero-order valence-electron chi connectivity index (χ0n) is 11.0. The van der Waals surface area contributed by atoms with E-state index in [0.29, 0.717) is 17.0 Å². The molecule has 102 valence electrons. The van der Waals surface area contributed by atoms with Gasteiger partial charge >= 0.3 is 6.03 Å². The molecule has 1 fully saturated rings. The molecular formula is C14H19N3O2. The van der Waals surface area contributed by atoms with Crippen molar-refractivity contribution in [1.29, 1.82) is 0 Å². The lowest BCUT2D eigenvalue weighted by atomic mass is 10.1. The van der Waals surface area contributed by atoms with E-state index >= 15 is 0 Å². The van der Waals surface area contributed by atoms with Gasteiger partial charge in [0.15, 0.2) is 0 Å². The average Bonchev–Trinajstić information content (AvgIpc) is 2.91. The number of amides is 2. The number of rotatable bonds is 3. The summed E-state index contributed by atoms with van der Waals surface area (Å²) in [4.78, 5) is 11.9. The van der Waals surface area contributed by atoms with Crippen LogP contribution in [0.2, 0.25) is 0 Å². The SMILES string of the molecule is CC(=NO)c1ccccc1NC(=O)NC1CCCC1. The molecule has 1 aliphatic rings. The summed E-state index contributed by atoms with van der Waals surface area (Å²) in [5.74, 6) is 0. The van der Waals surface area contributed by atoms with Gasteiger partial charge in [-0.2, -0.15) is 0 Å². The van der Waals surface area contributed by atoms with Crippen LogP contribution in [0.4, 0.5) is 10.5 Å². The number of para-hydroxylation sites is 1. The van der Waals surface area contributed by atoms with Gasteiger partial charge in [0, 0.05) is 11.6 Å². The third-order valence-corrected chi connectivity index (χ3v) is 3.41. The van der Waals surface area contributed by atoms with Crippen LogP contribution in [0, 0.1) is 0 Å². The Morgan fingerprint density at radius 2 is 2.00 bits per heavy atom. The fraction of sp³-hybridized carbons (Fsp3) is 0.429. The zero-order chi connectivity index (χ0) is 13.7. The van der Waals surface area contributed by atoms with Crippen LogP contribution >= 0.6 is 0 Å². The number of carbonyl (C=O) groups is 1. The summed E-state index contributed by atoms with van der Waals surface area (Å²) in [6.45, 7) is 1.69. The van der Waals surface area contributed by atoms with Crippen LogP contribution in [0.1, 0.15) is 38.2 Å². The number of urea groups is 1. The van der Waals surface area contributed by atoms with E-state index < -0.39 is 0 Å². The van der Waals surface area contributed by atoms with Gasteiger partial charge in [0.25, 0.3) is 0 Å². The molecule has 2 amide bonds. The number of carbonyl (C=O) groups excluding carboxylic acids is 1. The lowest BCUT2D eigenvalue weighted by Gasteiger charge is -2.14. The molecule has 5 heteroatoms. The molecule has 1 aromatic rings. The molecule has 0 saturated heterocycles. The largest absolute Gasteiger partial charge is 0.411 e. The van der Waals surface area contributed by atoms with Crippen LogP contribution in [-0.2, 0) is 0 Å². The number of oxime groups is 1. The van der Waals surface area contributed by atoms with E-state index in [4.69, 9.17) is 5.21 Å². The molecule has 0 aromatic heterocycles. The van der Waals surface area contributed by atoms with E-state index in [9.17, 15) is 4.79 Å². The van der Waals surface area contributed by atoms with Crippen molar-refractivity contribution in [3.63, 3.8) is 0 Å². The van der Waals surface area contributed by atoms with E-state index in [1.54, 1.807) is 19.1 Å². The highest BCUT2D eigenvalue weighted by atomic mass is 16.4. The number of nitrogens with one attached hydrogen (secondary N) is 2. The summed E-state index contributed by atoms with van der Waals surface area (Å²) in [5, 5.41) is 17.8. The minimum Gasteiger partial charge on any atom is -0.411 e. The molecule has 0 heterocycles. The average molecular weight is 261 g/mol. The lowest BCUT2D eigenvalue weighted by Crippen LogP contribution is -2.36. The molecule has 0 atom stereocenters. The molecule has 0 spiro atoms. The fourth-order valence-corrected chi connectivity index (χ4v) is 2.38. The van der Waals surface area contributed by atoms with Crippen molar-refractivity contribution in [2.45, 2.75) is 38.6 Å². The van der Waals surface area contributed by atoms with Gasteiger partial charge in [-0.05, 0) is 25.8 Å². The first-order valence-electron chi connectivity index (χ1n) is 6.56. The molecule has 0 aliphatic heterocycles. The Labute approximate surface area is 112 Å². The van der Waals surface area contributed by atoms with Crippen molar-refractivity contribution < 1.29 is 10.0 Å². The van der Waals surface area contributed by atoms with Crippen LogP contribution < -0.4 is 10.6 Å². The normalized spacial score (nSPS) is 16.4. The maximum Gasteiger partial charge on any atom is 0.319 e. The second-order valence-electron chi connectivity index (χ2n) is 4.81. The summed E-state index contributed by atoms with van der Waals surface area (Å²) in [6.07, 6.45) is 4.45. The molecule has 3 N–H and O–H groups in total. The maximum atomic E-state index is 11.9. The Morgan fingerprint density at radius 3 is 2.68 bits per heavy atom. The van der Waals surface area contributed by atoms with Gasteiger partial charge in [0.2, 0.25) is 0 Å². The van der Waals surface area contributed by atoms with Crippen LogP contribution in [0.3, 0.4) is 0 Å². The van der Waals surface area contributed by atoms with Crippen LogP contribution in [0.5, 0.6) is 0 Å². The first-order chi connectivity index (χ1) is 9.20. The predicted octanol–water partition coefficient (Wildman–Crippen LogP) is 2.95. The van der Waals surface area contributed by atoms with E-state index in [0.717, 1.165) is 12.8 Å². The van der Waals surface area contributed by atoms with Crippen molar-refractivity contribution in [3.8, 4) is 0 Å². The van der Waals surface area contributed by atoms with E-state index in [1.807, 2.05) is 12.1 Å². The summed E-state index contributed by atoms with van der Waals surface area (Å²) >= 11 is 0. The number of hydrogen-bond acceptors (Lipinski definition) is 3. The number of benzene rings is 1. The fourth-order valence-electron chi connectivity index (χ4n) is 2.38. The van der Waals surface area contributed by atoms with Gasteiger partial charge in [-0.15, -0.1) is 0 Å². The van der Waals surface area contributed by atoms with E-state index in [2.05, 4.69) is 15.8 Å². The Kier molecular flexibility index (Phi) is 4.39. The number of anilines is 1. The Bertz CT molecular complexity index is 479. The van der Waals surface area contributed by atoms with E-state index in [1.165, 1.54) is 12.8 Å². The quantitative estimate of drug-likeness (QED) is 0.444. The Balaban J connectivity index is 2.03. The molecular weight excluding hydrogens is 242 g/mol. The van der Waals surface area contributed by atoms with Crippen LogP contribution in [0.25, 0.3) is 0 Å². The third-order valence-electron chi connectivity index (χ3n) is 3.41. The van der Waals surface area contributed by atoms with Gasteiger partial charge < -0.3 is 15.8 Å². The lowest BCUT2D eigenvalue weighted by molar-refractivity contribution is 0.248.